The molecular formula is C16H23ClFNS2. The van der Waals surface area contributed by atoms with Crippen LogP contribution in [0.2, 0.25) is 5.02 Å². The van der Waals surface area contributed by atoms with Gasteiger partial charge in [-0.15, -0.1) is 0 Å². The summed E-state index contributed by atoms with van der Waals surface area (Å²) < 4.78 is 14.0. The van der Waals surface area contributed by atoms with Crippen molar-refractivity contribution in [1.29, 1.82) is 0 Å². The van der Waals surface area contributed by atoms with E-state index >= 15 is 0 Å². The molecule has 4 atom stereocenters. The molecular weight excluding hydrogens is 325 g/mol. The Labute approximate surface area is 140 Å². The van der Waals surface area contributed by atoms with Gasteiger partial charge in [0.1, 0.15) is 5.82 Å². The van der Waals surface area contributed by atoms with Gasteiger partial charge in [0.15, 0.2) is 0 Å². The van der Waals surface area contributed by atoms with Gasteiger partial charge in [0.05, 0.1) is 0 Å². The molecule has 118 valence electrons. The van der Waals surface area contributed by atoms with Gasteiger partial charge in [0, 0.05) is 38.1 Å². The first-order valence-corrected chi connectivity index (χ1v) is 9.83. The van der Waals surface area contributed by atoms with Crippen molar-refractivity contribution in [2.75, 3.05) is 12.3 Å². The van der Waals surface area contributed by atoms with E-state index in [9.17, 15) is 4.39 Å². The molecule has 0 radical (unpaired) electrons. The summed E-state index contributed by atoms with van der Waals surface area (Å²) in [7, 11) is 0. The second kappa shape index (κ2) is 8.09. The van der Waals surface area contributed by atoms with Crippen LogP contribution in [0.4, 0.5) is 4.39 Å². The van der Waals surface area contributed by atoms with Crippen LogP contribution >= 0.6 is 35.1 Å². The Hall–Kier alpha value is 0.1000. The van der Waals surface area contributed by atoms with Crippen molar-refractivity contribution in [1.82, 2.24) is 5.32 Å². The van der Waals surface area contributed by atoms with Crippen LogP contribution in [0.15, 0.2) is 18.2 Å². The molecule has 1 heterocycles. The molecule has 0 aromatic heterocycles. The van der Waals surface area contributed by atoms with Gasteiger partial charge in [-0.2, -0.15) is 23.5 Å². The van der Waals surface area contributed by atoms with E-state index in [2.05, 4.69) is 26.1 Å². The highest BCUT2D eigenvalue weighted by molar-refractivity contribution is 8.07. The highest BCUT2D eigenvalue weighted by atomic mass is 35.5. The lowest BCUT2D eigenvalue weighted by atomic mass is 10.0. The summed E-state index contributed by atoms with van der Waals surface area (Å²) in [5, 5.41) is 5.88. The first kappa shape index (κ1) is 17.5. The van der Waals surface area contributed by atoms with Crippen LogP contribution in [0.3, 0.4) is 0 Å². The third-order valence-corrected chi connectivity index (χ3v) is 7.88. The number of thioether (sulfide) groups is 2. The Kier molecular flexibility index (Phi) is 6.73. The van der Waals surface area contributed by atoms with E-state index < -0.39 is 0 Å². The SMILES string of the molecule is CCNC(Cc1c(F)cccc1Cl)C1CSC(C)C(C)S1. The molecule has 1 aliphatic rings. The van der Waals surface area contributed by atoms with Crippen molar-refractivity contribution in [3.8, 4) is 0 Å². The van der Waals surface area contributed by atoms with E-state index in [0.717, 1.165) is 12.3 Å². The zero-order valence-corrected chi connectivity index (χ0v) is 15.1. The Morgan fingerprint density at radius 1 is 1.38 bits per heavy atom. The van der Waals surface area contributed by atoms with Gasteiger partial charge in [0.25, 0.3) is 0 Å². The summed E-state index contributed by atoms with van der Waals surface area (Å²) in [6, 6.07) is 5.20. The van der Waals surface area contributed by atoms with Gasteiger partial charge < -0.3 is 5.32 Å². The molecule has 1 saturated heterocycles. The normalized spacial score (nSPS) is 27.6. The number of hydrogen-bond donors (Lipinski definition) is 1. The first-order chi connectivity index (χ1) is 10.0. The maximum absolute atomic E-state index is 14.0. The summed E-state index contributed by atoms with van der Waals surface area (Å²) in [5.74, 6) is 0.917. The zero-order valence-electron chi connectivity index (χ0n) is 12.7. The fourth-order valence-electron chi connectivity index (χ4n) is 2.56. The summed E-state index contributed by atoms with van der Waals surface area (Å²) in [4.78, 5) is 0. The molecule has 5 heteroatoms. The highest BCUT2D eigenvalue weighted by Crippen LogP contribution is 2.38. The van der Waals surface area contributed by atoms with Gasteiger partial charge in [-0.05, 0) is 25.1 Å². The Morgan fingerprint density at radius 2 is 2.14 bits per heavy atom. The van der Waals surface area contributed by atoms with Crippen LogP contribution in [0.25, 0.3) is 0 Å². The Balaban J connectivity index is 2.12. The zero-order chi connectivity index (χ0) is 15.4. The molecule has 1 aliphatic heterocycles. The van der Waals surface area contributed by atoms with E-state index in [-0.39, 0.29) is 11.9 Å². The lowest BCUT2D eigenvalue weighted by Crippen LogP contribution is -2.44. The van der Waals surface area contributed by atoms with Crippen molar-refractivity contribution in [3.05, 3.63) is 34.6 Å². The van der Waals surface area contributed by atoms with Gasteiger partial charge in [0.2, 0.25) is 0 Å². The highest BCUT2D eigenvalue weighted by Gasteiger charge is 2.31. The average Bonchev–Trinajstić information content (AvgIpc) is 2.45. The fourth-order valence-corrected chi connectivity index (χ4v) is 5.93. The molecule has 2 rings (SSSR count). The van der Waals surface area contributed by atoms with Crippen LogP contribution in [0.1, 0.15) is 26.3 Å². The predicted octanol–water partition coefficient (Wildman–Crippen LogP) is 4.63. The summed E-state index contributed by atoms with van der Waals surface area (Å²) in [5.41, 5.74) is 0.641. The standard InChI is InChI=1S/C16H23ClFNS2/c1-4-19-15(16-9-20-10(2)11(3)21-16)8-12-13(17)6-5-7-14(12)18/h5-7,10-11,15-16,19H,4,8-9H2,1-3H3. The Bertz CT molecular complexity index is 451. The van der Waals surface area contributed by atoms with Crippen molar-refractivity contribution < 1.29 is 4.39 Å². The molecule has 0 spiro atoms. The van der Waals surface area contributed by atoms with Crippen molar-refractivity contribution in [2.45, 2.75) is 49.0 Å². The monoisotopic (exact) mass is 347 g/mol. The van der Waals surface area contributed by atoms with Crippen LogP contribution < -0.4 is 5.32 Å². The Morgan fingerprint density at radius 3 is 2.76 bits per heavy atom. The van der Waals surface area contributed by atoms with E-state index in [1.165, 1.54) is 6.07 Å². The number of likely N-dealkylation sites (N-methyl/N-ethyl adjacent to an activating group) is 1. The van der Waals surface area contributed by atoms with Gasteiger partial charge in [-0.3, -0.25) is 0 Å². The van der Waals surface area contributed by atoms with Gasteiger partial charge >= 0.3 is 0 Å². The summed E-state index contributed by atoms with van der Waals surface area (Å²) in [6.07, 6.45) is 0.651. The smallest absolute Gasteiger partial charge is 0.127 e. The molecule has 21 heavy (non-hydrogen) atoms. The largest absolute Gasteiger partial charge is 0.313 e. The third-order valence-electron chi connectivity index (χ3n) is 3.97. The summed E-state index contributed by atoms with van der Waals surface area (Å²) >= 11 is 10.2. The van der Waals surface area contributed by atoms with E-state index in [0.29, 0.717) is 32.8 Å². The number of hydrogen-bond acceptors (Lipinski definition) is 3. The second-order valence-electron chi connectivity index (χ2n) is 5.49. The second-order valence-corrected chi connectivity index (χ2v) is 8.93. The summed E-state index contributed by atoms with van der Waals surface area (Å²) in [6.45, 7) is 7.56. The molecule has 0 bridgehead atoms. The molecule has 0 saturated carbocycles. The maximum atomic E-state index is 14.0. The van der Waals surface area contributed by atoms with Crippen molar-refractivity contribution in [2.24, 2.45) is 0 Å². The van der Waals surface area contributed by atoms with Crippen LogP contribution in [0, 0.1) is 5.82 Å². The lowest BCUT2D eigenvalue weighted by Gasteiger charge is -2.36. The van der Waals surface area contributed by atoms with E-state index in [1.807, 2.05) is 23.5 Å². The van der Waals surface area contributed by atoms with Gasteiger partial charge in [-0.1, -0.05) is 38.4 Å². The van der Waals surface area contributed by atoms with Crippen LogP contribution in [0.5, 0.6) is 0 Å². The first-order valence-electron chi connectivity index (χ1n) is 7.46. The van der Waals surface area contributed by atoms with E-state index in [4.69, 9.17) is 11.6 Å². The minimum Gasteiger partial charge on any atom is -0.313 e. The number of benzene rings is 1. The maximum Gasteiger partial charge on any atom is 0.127 e. The van der Waals surface area contributed by atoms with Crippen LogP contribution in [-0.2, 0) is 6.42 Å². The van der Waals surface area contributed by atoms with Crippen molar-refractivity contribution >= 4 is 35.1 Å². The molecule has 0 aliphatic carbocycles. The lowest BCUT2D eigenvalue weighted by molar-refractivity contribution is 0.505. The molecule has 1 aromatic rings. The third kappa shape index (κ3) is 4.54. The minimum absolute atomic E-state index is 0.194. The quantitative estimate of drug-likeness (QED) is 0.834. The fraction of sp³-hybridized carbons (Fsp3) is 0.625. The van der Waals surface area contributed by atoms with Gasteiger partial charge in [-0.25, -0.2) is 4.39 Å². The molecule has 4 unspecified atom stereocenters. The minimum atomic E-state index is -0.194. The topological polar surface area (TPSA) is 12.0 Å². The predicted molar refractivity (Wildman–Crippen MR) is 95.3 cm³/mol. The van der Waals surface area contributed by atoms with Crippen molar-refractivity contribution in [3.63, 3.8) is 0 Å². The molecule has 1 fully saturated rings. The molecule has 1 N–H and O–H groups in total. The molecule has 1 nitrogen and oxygen atoms in total. The number of rotatable bonds is 5. The number of nitrogens with one attached hydrogen (secondary N) is 1. The number of halogens is 2. The van der Waals surface area contributed by atoms with Crippen LogP contribution in [-0.4, -0.2) is 34.1 Å². The molecule has 0 amide bonds. The average molecular weight is 348 g/mol. The van der Waals surface area contributed by atoms with E-state index in [1.54, 1.807) is 12.1 Å². The molecule has 1 aromatic carbocycles.